The maximum Gasteiger partial charge on any atom is 0.0706 e. The maximum atomic E-state index is 4.96. The van der Waals surface area contributed by atoms with Crippen LogP contribution in [0.1, 0.15) is 11.4 Å². The van der Waals surface area contributed by atoms with Crippen LogP contribution in [0.25, 0.3) is 22.5 Å². The molecule has 152 valence electrons. The number of benzene rings is 3. The lowest BCUT2D eigenvalue weighted by Gasteiger charge is -2.26. The summed E-state index contributed by atoms with van der Waals surface area (Å²) >= 11 is 0. The second kappa shape index (κ2) is 7.78. The first-order chi connectivity index (χ1) is 15.8. The van der Waals surface area contributed by atoms with Crippen LogP contribution in [0.4, 0.5) is 17.1 Å². The van der Waals surface area contributed by atoms with Crippen molar-refractivity contribution in [3.63, 3.8) is 0 Å². The normalized spacial score (nSPS) is 12.2. The van der Waals surface area contributed by atoms with Gasteiger partial charge in [-0.05, 0) is 60.7 Å². The van der Waals surface area contributed by atoms with Gasteiger partial charge in [0, 0.05) is 46.0 Å². The van der Waals surface area contributed by atoms with E-state index < -0.39 is 0 Å². The fourth-order valence-electron chi connectivity index (χ4n) is 4.30. The highest BCUT2D eigenvalue weighted by molar-refractivity contribution is 5.81. The fourth-order valence-corrected chi connectivity index (χ4v) is 4.30. The molecule has 0 atom stereocenters. The lowest BCUT2D eigenvalue weighted by Crippen LogP contribution is -2.10. The number of aromatic nitrogens is 2. The van der Waals surface area contributed by atoms with E-state index >= 15 is 0 Å². The number of hydrogen-bond acceptors (Lipinski definition) is 3. The quantitative estimate of drug-likeness (QED) is 0.287. The largest absolute Gasteiger partial charge is 0.310 e. The van der Waals surface area contributed by atoms with Crippen molar-refractivity contribution in [2.24, 2.45) is 0 Å². The van der Waals surface area contributed by atoms with Gasteiger partial charge in [-0.1, -0.05) is 54.6 Å². The molecule has 3 aromatic carbocycles. The lowest BCUT2D eigenvalue weighted by atomic mass is 10.0. The molecule has 3 heteroatoms. The van der Waals surface area contributed by atoms with Gasteiger partial charge < -0.3 is 4.90 Å². The molecule has 2 aromatic heterocycles. The minimum atomic E-state index is 0.706. The Labute approximate surface area is 187 Å². The van der Waals surface area contributed by atoms with Crippen LogP contribution in [0.15, 0.2) is 115 Å². The van der Waals surface area contributed by atoms with Gasteiger partial charge in [0.15, 0.2) is 0 Å². The van der Waals surface area contributed by atoms with Crippen molar-refractivity contribution in [1.82, 2.24) is 9.97 Å². The van der Waals surface area contributed by atoms with Crippen LogP contribution in [0.5, 0.6) is 0 Å². The molecule has 0 saturated heterocycles. The van der Waals surface area contributed by atoms with E-state index in [1.807, 2.05) is 6.07 Å². The van der Waals surface area contributed by atoms with E-state index in [-0.39, 0.29) is 0 Å². The Hall–Kier alpha value is -4.24. The Bertz CT molecular complexity index is 1320. The smallest absolute Gasteiger partial charge is 0.0706 e. The van der Waals surface area contributed by atoms with Gasteiger partial charge in [0.2, 0.25) is 0 Å². The third-order valence-corrected chi connectivity index (χ3v) is 5.79. The predicted octanol–water partition coefficient (Wildman–Crippen LogP) is 7.18. The summed E-state index contributed by atoms with van der Waals surface area (Å²) in [5.41, 5.74) is 9.47. The summed E-state index contributed by atoms with van der Waals surface area (Å²) in [6, 6.07) is 40.1. The molecule has 0 amide bonds. The molecule has 8 bridgehead atoms. The predicted molar refractivity (Wildman–Crippen MR) is 130 cm³/mol. The molecule has 1 aliphatic rings. The molecular weight excluding hydrogens is 390 g/mol. The zero-order valence-electron chi connectivity index (χ0n) is 17.5. The van der Waals surface area contributed by atoms with Crippen LogP contribution in [0.3, 0.4) is 0 Å². The van der Waals surface area contributed by atoms with E-state index in [4.69, 9.17) is 9.97 Å². The van der Waals surface area contributed by atoms with E-state index in [0.717, 1.165) is 51.0 Å². The number of hydrogen-bond donors (Lipinski definition) is 0. The average molecular weight is 412 g/mol. The topological polar surface area (TPSA) is 29.0 Å². The summed E-state index contributed by atoms with van der Waals surface area (Å²) in [4.78, 5) is 12.2. The summed E-state index contributed by atoms with van der Waals surface area (Å²) < 4.78 is 0. The van der Waals surface area contributed by atoms with Crippen molar-refractivity contribution in [1.29, 1.82) is 0 Å². The van der Waals surface area contributed by atoms with Gasteiger partial charge in [-0.15, -0.1) is 0 Å². The molecular formula is C29H21N3. The summed E-state index contributed by atoms with van der Waals surface area (Å²) in [6.45, 7) is 0. The molecule has 0 unspecified atom stereocenters. The summed E-state index contributed by atoms with van der Waals surface area (Å²) in [7, 11) is 0. The third-order valence-electron chi connectivity index (χ3n) is 5.79. The molecule has 0 fully saturated rings. The van der Waals surface area contributed by atoms with Gasteiger partial charge in [-0.3, -0.25) is 9.97 Å². The van der Waals surface area contributed by atoms with Crippen LogP contribution < -0.4 is 4.90 Å². The van der Waals surface area contributed by atoms with Gasteiger partial charge in [0.25, 0.3) is 0 Å². The Morgan fingerprint density at radius 1 is 0.469 bits per heavy atom. The fraction of sp³-hybridized carbons (Fsp3) is 0.0345. The van der Waals surface area contributed by atoms with E-state index in [9.17, 15) is 0 Å². The second-order valence-electron chi connectivity index (χ2n) is 7.98. The Kier molecular flexibility index (Phi) is 4.51. The maximum absolute atomic E-state index is 4.96. The van der Waals surface area contributed by atoms with Gasteiger partial charge >= 0.3 is 0 Å². The van der Waals surface area contributed by atoms with Crippen molar-refractivity contribution in [3.8, 4) is 22.5 Å². The highest BCUT2D eigenvalue weighted by Gasteiger charge is 2.15. The molecule has 5 aromatic rings. The highest BCUT2D eigenvalue weighted by atomic mass is 15.1. The first-order valence-corrected chi connectivity index (χ1v) is 10.8. The number of fused-ring (bicyclic) bond motifs is 10. The zero-order valence-corrected chi connectivity index (χ0v) is 17.5. The molecule has 1 aliphatic heterocycles. The van der Waals surface area contributed by atoms with Gasteiger partial charge in [-0.2, -0.15) is 0 Å². The van der Waals surface area contributed by atoms with Crippen molar-refractivity contribution in [2.75, 3.05) is 4.90 Å². The van der Waals surface area contributed by atoms with E-state index in [2.05, 4.69) is 114 Å². The number of para-hydroxylation sites is 1. The number of anilines is 3. The summed E-state index contributed by atoms with van der Waals surface area (Å²) in [5.74, 6) is 0. The molecule has 32 heavy (non-hydrogen) atoms. The Morgan fingerprint density at radius 3 is 1.53 bits per heavy atom. The third kappa shape index (κ3) is 3.44. The zero-order chi connectivity index (χ0) is 21.3. The highest BCUT2D eigenvalue weighted by Crippen LogP contribution is 2.37. The molecule has 0 radical (unpaired) electrons. The Balaban J connectivity index is 1.64. The van der Waals surface area contributed by atoms with Crippen LogP contribution in [0.2, 0.25) is 0 Å². The van der Waals surface area contributed by atoms with Gasteiger partial charge in [0.1, 0.15) is 0 Å². The van der Waals surface area contributed by atoms with E-state index in [0.29, 0.717) is 6.42 Å². The summed E-state index contributed by atoms with van der Waals surface area (Å²) in [6.07, 6.45) is 0.706. The second-order valence-corrected chi connectivity index (χ2v) is 7.98. The lowest BCUT2D eigenvalue weighted by molar-refractivity contribution is 1.02. The van der Waals surface area contributed by atoms with Crippen LogP contribution >= 0.6 is 0 Å². The minimum absolute atomic E-state index is 0.706. The Morgan fingerprint density at radius 2 is 0.969 bits per heavy atom. The van der Waals surface area contributed by atoms with Gasteiger partial charge in [-0.25, -0.2) is 0 Å². The molecule has 0 saturated carbocycles. The van der Waals surface area contributed by atoms with Crippen molar-refractivity contribution >= 4 is 17.1 Å². The molecule has 0 N–H and O–H groups in total. The van der Waals surface area contributed by atoms with Crippen molar-refractivity contribution in [3.05, 3.63) is 127 Å². The van der Waals surface area contributed by atoms with Crippen LogP contribution in [0, 0.1) is 0 Å². The molecule has 3 heterocycles. The summed E-state index contributed by atoms with van der Waals surface area (Å²) in [5, 5.41) is 0. The monoisotopic (exact) mass is 411 g/mol. The average Bonchev–Trinajstić information content (AvgIpc) is 2.85. The molecule has 6 rings (SSSR count). The van der Waals surface area contributed by atoms with Crippen molar-refractivity contribution in [2.45, 2.75) is 6.42 Å². The number of nitrogens with zero attached hydrogens (tertiary/aromatic N) is 3. The van der Waals surface area contributed by atoms with E-state index in [1.165, 1.54) is 0 Å². The molecule has 3 nitrogen and oxygen atoms in total. The van der Waals surface area contributed by atoms with Crippen LogP contribution in [-0.2, 0) is 6.42 Å². The molecule has 0 spiro atoms. The number of rotatable bonds is 1. The molecule has 0 aliphatic carbocycles. The first-order valence-electron chi connectivity index (χ1n) is 10.8. The minimum Gasteiger partial charge on any atom is -0.310 e. The van der Waals surface area contributed by atoms with Crippen LogP contribution in [-0.4, -0.2) is 9.97 Å². The van der Waals surface area contributed by atoms with Crippen molar-refractivity contribution < 1.29 is 0 Å². The first kappa shape index (κ1) is 18.5. The SMILES string of the molecule is c1ccc(N2c3cccc(c3)-c3cccc(n3)Cc3cccc(n3)-c3cccc2c3)cc1. The number of pyridine rings is 2. The standard InChI is InChI=1S/C29H21N3/c1-2-12-25(13-3-1)32-26-14-4-8-21(18-26)28-16-6-10-23(30-28)20-24-11-7-17-29(31-24)22-9-5-15-27(32)19-22/h1-19H,20H2. The van der Waals surface area contributed by atoms with E-state index in [1.54, 1.807) is 0 Å². The van der Waals surface area contributed by atoms with Gasteiger partial charge in [0.05, 0.1) is 11.4 Å².